The van der Waals surface area contributed by atoms with Gasteiger partial charge >= 0.3 is 0 Å². The Morgan fingerprint density at radius 2 is 1.92 bits per heavy atom. The number of nitrogens with one attached hydrogen (secondary N) is 1. The maximum Gasteiger partial charge on any atom is 0.211 e. The Kier molecular flexibility index (Phi) is 6.72. The molecule has 4 heterocycles. The van der Waals surface area contributed by atoms with Crippen molar-refractivity contribution < 1.29 is 14.3 Å². The van der Waals surface area contributed by atoms with Gasteiger partial charge in [-0.15, -0.1) is 11.3 Å². The van der Waals surface area contributed by atoms with Crippen molar-refractivity contribution in [3.8, 4) is 11.5 Å². The Labute approximate surface area is 220 Å². The highest BCUT2D eigenvalue weighted by molar-refractivity contribution is 7.17. The molecule has 7 heteroatoms. The minimum Gasteiger partial charge on any atom is -0.492 e. The van der Waals surface area contributed by atoms with E-state index in [4.69, 9.17) is 9.47 Å². The second-order valence-electron chi connectivity index (χ2n) is 9.59. The van der Waals surface area contributed by atoms with Gasteiger partial charge in [0.25, 0.3) is 0 Å². The predicted molar refractivity (Wildman–Crippen MR) is 149 cm³/mol. The lowest BCUT2D eigenvalue weighted by molar-refractivity contribution is 0.103. The molecule has 6 rings (SSSR count). The number of carbonyl (C=O) groups is 1. The lowest BCUT2D eigenvalue weighted by atomic mass is 10.1. The molecule has 0 bridgehead atoms. The van der Waals surface area contributed by atoms with Crippen molar-refractivity contribution in [1.29, 1.82) is 0 Å². The number of carbonyl (C=O) groups excluding carboxylic acids is 1. The number of ether oxygens (including phenoxy) is 2. The van der Waals surface area contributed by atoms with Gasteiger partial charge in [-0.05, 0) is 68.1 Å². The SMILES string of the molecule is Cn1c(C(=O)c2cn(CCOc3cccc(OC4CCCNCC4)c3)c3ccccc23)cc2sccc21. The summed E-state index contributed by atoms with van der Waals surface area (Å²) < 4.78 is 17.6. The number of aromatic nitrogens is 2. The molecule has 1 saturated heterocycles. The summed E-state index contributed by atoms with van der Waals surface area (Å²) in [5, 5.41) is 6.45. The number of aryl methyl sites for hydroxylation is 1. The van der Waals surface area contributed by atoms with Crippen LogP contribution in [0.2, 0.25) is 0 Å². The smallest absolute Gasteiger partial charge is 0.211 e. The largest absolute Gasteiger partial charge is 0.492 e. The summed E-state index contributed by atoms with van der Waals surface area (Å²) in [6, 6.07) is 20.1. The monoisotopic (exact) mass is 513 g/mol. The van der Waals surface area contributed by atoms with Gasteiger partial charge in [-0.3, -0.25) is 4.79 Å². The summed E-state index contributed by atoms with van der Waals surface area (Å²) in [6.07, 6.45) is 5.44. The van der Waals surface area contributed by atoms with Crippen LogP contribution in [0.4, 0.5) is 0 Å². The van der Waals surface area contributed by atoms with Crippen LogP contribution in [0, 0.1) is 0 Å². The van der Waals surface area contributed by atoms with Crippen LogP contribution in [-0.4, -0.2) is 40.7 Å². The van der Waals surface area contributed by atoms with E-state index in [0.29, 0.717) is 18.8 Å². The Hall–Kier alpha value is -3.55. The summed E-state index contributed by atoms with van der Waals surface area (Å²) in [4.78, 5) is 13.6. The molecule has 1 aliphatic rings. The van der Waals surface area contributed by atoms with E-state index in [0.717, 1.165) is 70.5 Å². The fourth-order valence-corrected chi connectivity index (χ4v) is 6.06. The lowest BCUT2D eigenvalue weighted by Gasteiger charge is -2.17. The Bertz CT molecular complexity index is 1540. The molecule has 190 valence electrons. The van der Waals surface area contributed by atoms with Gasteiger partial charge < -0.3 is 23.9 Å². The van der Waals surface area contributed by atoms with Crippen molar-refractivity contribution in [2.45, 2.75) is 31.9 Å². The van der Waals surface area contributed by atoms with Gasteiger partial charge in [0.05, 0.1) is 28.6 Å². The van der Waals surface area contributed by atoms with Crippen LogP contribution in [0.25, 0.3) is 21.1 Å². The van der Waals surface area contributed by atoms with E-state index in [-0.39, 0.29) is 11.9 Å². The fourth-order valence-electron chi connectivity index (χ4n) is 5.22. The first-order valence-corrected chi connectivity index (χ1v) is 13.8. The number of hydrogen-bond acceptors (Lipinski definition) is 5. The summed E-state index contributed by atoms with van der Waals surface area (Å²) in [5.41, 5.74) is 3.55. The van der Waals surface area contributed by atoms with Crippen LogP contribution < -0.4 is 14.8 Å². The van der Waals surface area contributed by atoms with Gasteiger partial charge in [-0.1, -0.05) is 24.3 Å². The van der Waals surface area contributed by atoms with Gasteiger partial charge in [-0.2, -0.15) is 0 Å². The van der Waals surface area contributed by atoms with Crippen LogP contribution in [-0.2, 0) is 13.6 Å². The van der Waals surface area contributed by atoms with Crippen molar-refractivity contribution in [2.75, 3.05) is 19.7 Å². The molecule has 37 heavy (non-hydrogen) atoms. The van der Waals surface area contributed by atoms with Crippen LogP contribution >= 0.6 is 11.3 Å². The van der Waals surface area contributed by atoms with Crippen molar-refractivity contribution >= 4 is 38.2 Å². The van der Waals surface area contributed by atoms with Crippen LogP contribution in [0.5, 0.6) is 11.5 Å². The zero-order valence-corrected chi connectivity index (χ0v) is 21.8. The number of rotatable bonds is 8. The second kappa shape index (κ2) is 10.4. The molecule has 1 unspecified atom stereocenters. The molecule has 0 amide bonds. The highest BCUT2D eigenvalue weighted by atomic mass is 32.1. The topological polar surface area (TPSA) is 57.4 Å². The second-order valence-corrected chi connectivity index (χ2v) is 10.5. The van der Waals surface area contributed by atoms with E-state index in [2.05, 4.69) is 27.4 Å². The van der Waals surface area contributed by atoms with Gasteiger partial charge in [-0.25, -0.2) is 0 Å². The molecule has 0 radical (unpaired) electrons. The minimum atomic E-state index is 0.0420. The van der Waals surface area contributed by atoms with E-state index >= 15 is 0 Å². The lowest BCUT2D eigenvalue weighted by Crippen LogP contribution is -2.19. The van der Waals surface area contributed by atoms with Crippen molar-refractivity contribution in [2.24, 2.45) is 7.05 Å². The zero-order valence-electron chi connectivity index (χ0n) is 21.0. The van der Waals surface area contributed by atoms with Gasteiger partial charge in [0.2, 0.25) is 5.78 Å². The van der Waals surface area contributed by atoms with E-state index < -0.39 is 0 Å². The molecule has 5 aromatic rings. The van der Waals surface area contributed by atoms with E-state index in [9.17, 15) is 4.79 Å². The number of fused-ring (bicyclic) bond motifs is 2. The standard InChI is InChI=1S/C30H31N3O3S/c1-32-27-12-17-37-29(27)19-28(32)30(34)25-20-33(26-10-3-2-9-24(25)26)15-16-35-22-6-4-7-23(18-22)36-21-8-5-13-31-14-11-21/h2-4,6-7,9-10,12,17-21,31H,5,8,11,13-16H2,1H3. The highest BCUT2D eigenvalue weighted by Crippen LogP contribution is 2.29. The third-order valence-corrected chi connectivity index (χ3v) is 8.01. The molecule has 2 aromatic carbocycles. The molecule has 1 fully saturated rings. The average molecular weight is 514 g/mol. The Morgan fingerprint density at radius 1 is 1.03 bits per heavy atom. The first-order valence-electron chi connectivity index (χ1n) is 12.9. The van der Waals surface area contributed by atoms with Crippen LogP contribution in [0.1, 0.15) is 35.3 Å². The molecule has 6 nitrogen and oxygen atoms in total. The van der Waals surface area contributed by atoms with E-state index in [1.807, 2.05) is 66.3 Å². The first-order chi connectivity index (χ1) is 18.2. The zero-order chi connectivity index (χ0) is 25.2. The normalized spacial score (nSPS) is 16.2. The van der Waals surface area contributed by atoms with E-state index in [1.165, 1.54) is 0 Å². The van der Waals surface area contributed by atoms with E-state index in [1.54, 1.807) is 11.3 Å². The Morgan fingerprint density at radius 3 is 2.84 bits per heavy atom. The molecule has 1 aliphatic heterocycles. The summed E-state index contributed by atoms with van der Waals surface area (Å²) in [6.45, 7) is 3.19. The number of thiophene rings is 1. The van der Waals surface area contributed by atoms with Gasteiger partial charge in [0, 0.05) is 35.8 Å². The molecule has 0 aliphatic carbocycles. The summed E-state index contributed by atoms with van der Waals surface area (Å²) in [7, 11) is 1.96. The maximum absolute atomic E-state index is 13.6. The first kappa shape index (κ1) is 23.8. The number of benzene rings is 2. The third kappa shape index (κ3) is 4.89. The molecule has 1 atom stereocenters. The van der Waals surface area contributed by atoms with Crippen LogP contribution in [0.15, 0.2) is 72.2 Å². The number of ketones is 1. The molecule has 3 aromatic heterocycles. The number of hydrogen-bond donors (Lipinski definition) is 1. The molecule has 1 N–H and O–H groups in total. The summed E-state index contributed by atoms with van der Waals surface area (Å²) in [5.74, 6) is 1.69. The number of para-hydroxylation sites is 1. The maximum atomic E-state index is 13.6. The minimum absolute atomic E-state index is 0.0420. The highest BCUT2D eigenvalue weighted by Gasteiger charge is 2.21. The van der Waals surface area contributed by atoms with Crippen molar-refractivity contribution in [1.82, 2.24) is 14.5 Å². The van der Waals surface area contributed by atoms with Gasteiger partial charge in [0.1, 0.15) is 18.1 Å². The quantitative estimate of drug-likeness (QED) is 0.258. The molecular formula is C30H31N3O3S. The predicted octanol–water partition coefficient (Wildman–Crippen LogP) is 6.03. The van der Waals surface area contributed by atoms with Crippen LogP contribution in [0.3, 0.4) is 0 Å². The van der Waals surface area contributed by atoms with Crippen molar-refractivity contribution in [3.63, 3.8) is 0 Å². The van der Waals surface area contributed by atoms with Crippen molar-refractivity contribution in [3.05, 3.63) is 83.5 Å². The molecule has 0 spiro atoms. The van der Waals surface area contributed by atoms with Gasteiger partial charge in [0.15, 0.2) is 0 Å². The third-order valence-electron chi connectivity index (χ3n) is 7.16. The molecule has 0 saturated carbocycles. The Balaban J connectivity index is 1.17. The fraction of sp³-hybridized carbons (Fsp3) is 0.300. The number of nitrogens with zero attached hydrogens (tertiary/aromatic N) is 2. The summed E-state index contributed by atoms with van der Waals surface area (Å²) >= 11 is 1.66. The average Bonchev–Trinajstić information content (AvgIpc) is 3.54. The molecular weight excluding hydrogens is 482 g/mol.